The van der Waals surface area contributed by atoms with Crippen molar-refractivity contribution in [2.24, 2.45) is 17.8 Å². The third-order valence-corrected chi connectivity index (χ3v) is 3.21. The lowest BCUT2D eigenvalue weighted by Crippen LogP contribution is -2.40. The maximum Gasteiger partial charge on any atom is 0.308 e. The van der Waals surface area contributed by atoms with Crippen LogP contribution in [-0.4, -0.2) is 23.3 Å². The Kier molecular flexibility index (Phi) is 4.14. The second-order valence-electron chi connectivity index (χ2n) is 5.08. The van der Waals surface area contributed by atoms with Gasteiger partial charge in [-0.05, 0) is 31.6 Å². The minimum Gasteiger partial charge on any atom is -0.462 e. The molecule has 1 saturated heterocycles. The van der Waals surface area contributed by atoms with Gasteiger partial charge in [0.05, 0.1) is 12.0 Å². The molecular formula is C12H22O3. The molecule has 0 amide bonds. The predicted octanol–water partition coefficient (Wildman–Crippen LogP) is 1.98. The Hall–Kier alpha value is -0.570. The van der Waals surface area contributed by atoms with Crippen molar-refractivity contribution < 1.29 is 14.6 Å². The quantitative estimate of drug-likeness (QED) is 0.731. The van der Waals surface area contributed by atoms with Crippen LogP contribution >= 0.6 is 0 Å². The van der Waals surface area contributed by atoms with Gasteiger partial charge < -0.3 is 9.84 Å². The van der Waals surface area contributed by atoms with E-state index in [0.717, 1.165) is 6.42 Å². The SMILES string of the molecule is CC(O)CC(C)[C@H]1OC(=O)[C@H](C)C[C@H]1C. The summed E-state index contributed by atoms with van der Waals surface area (Å²) >= 11 is 0. The summed E-state index contributed by atoms with van der Waals surface area (Å²) in [7, 11) is 0. The molecule has 0 spiro atoms. The first kappa shape index (κ1) is 12.5. The summed E-state index contributed by atoms with van der Waals surface area (Å²) in [6.07, 6.45) is 1.23. The number of hydrogen-bond acceptors (Lipinski definition) is 3. The Morgan fingerprint density at radius 1 is 1.47 bits per heavy atom. The van der Waals surface area contributed by atoms with E-state index >= 15 is 0 Å². The molecule has 1 rings (SSSR count). The van der Waals surface area contributed by atoms with E-state index in [9.17, 15) is 9.90 Å². The van der Waals surface area contributed by atoms with Gasteiger partial charge in [0.15, 0.2) is 0 Å². The van der Waals surface area contributed by atoms with E-state index in [-0.39, 0.29) is 30.0 Å². The van der Waals surface area contributed by atoms with E-state index < -0.39 is 0 Å². The fraction of sp³-hybridized carbons (Fsp3) is 0.917. The molecule has 0 aromatic carbocycles. The molecule has 0 bridgehead atoms. The highest BCUT2D eigenvalue weighted by Gasteiger charge is 2.36. The summed E-state index contributed by atoms with van der Waals surface area (Å²) in [5.41, 5.74) is 0. The maximum absolute atomic E-state index is 11.5. The van der Waals surface area contributed by atoms with E-state index in [4.69, 9.17) is 4.74 Å². The molecule has 1 aliphatic heterocycles. The predicted molar refractivity (Wildman–Crippen MR) is 58.3 cm³/mol. The molecule has 0 aromatic heterocycles. The number of rotatable bonds is 3. The van der Waals surface area contributed by atoms with Crippen molar-refractivity contribution in [1.29, 1.82) is 0 Å². The van der Waals surface area contributed by atoms with Crippen LogP contribution in [0.3, 0.4) is 0 Å². The lowest BCUT2D eigenvalue weighted by molar-refractivity contribution is -0.169. The number of carbonyl (C=O) groups is 1. The largest absolute Gasteiger partial charge is 0.462 e. The Bertz CT molecular complexity index is 225. The first-order valence-electron chi connectivity index (χ1n) is 5.80. The van der Waals surface area contributed by atoms with Crippen molar-refractivity contribution in [3.8, 4) is 0 Å². The Labute approximate surface area is 91.8 Å². The van der Waals surface area contributed by atoms with Crippen molar-refractivity contribution >= 4 is 5.97 Å². The standard InChI is InChI=1S/C12H22O3/c1-7-5-9(3)12(14)15-11(7)8(2)6-10(4)13/h7-11,13H,5-6H2,1-4H3/t7-,8?,9-,10?,11+/m1/s1. The van der Waals surface area contributed by atoms with E-state index in [2.05, 4.69) is 6.92 Å². The summed E-state index contributed by atoms with van der Waals surface area (Å²) in [5.74, 6) is 0.563. The minimum atomic E-state index is -0.328. The molecule has 1 fully saturated rings. The first-order valence-corrected chi connectivity index (χ1v) is 5.80. The van der Waals surface area contributed by atoms with E-state index in [1.807, 2.05) is 13.8 Å². The van der Waals surface area contributed by atoms with Gasteiger partial charge in [-0.3, -0.25) is 4.79 Å². The lowest BCUT2D eigenvalue weighted by atomic mass is 9.82. The van der Waals surface area contributed by atoms with Crippen LogP contribution in [0.5, 0.6) is 0 Å². The molecule has 1 heterocycles. The lowest BCUT2D eigenvalue weighted by Gasteiger charge is -2.36. The van der Waals surface area contributed by atoms with Crippen molar-refractivity contribution in [2.45, 2.75) is 52.7 Å². The molecular weight excluding hydrogens is 192 g/mol. The summed E-state index contributed by atoms with van der Waals surface area (Å²) in [6.45, 7) is 7.84. The number of esters is 1. The molecule has 3 heteroatoms. The third kappa shape index (κ3) is 3.20. The average molecular weight is 214 g/mol. The van der Waals surface area contributed by atoms with Crippen LogP contribution in [0.4, 0.5) is 0 Å². The highest BCUT2D eigenvalue weighted by molar-refractivity contribution is 5.73. The van der Waals surface area contributed by atoms with Gasteiger partial charge in [0.1, 0.15) is 6.10 Å². The second kappa shape index (κ2) is 4.97. The molecule has 2 unspecified atom stereocenters. The molecule has 1 N–H and O–H groups in total. The number of ether oxygens (including phenoxy) is 1. The minimum absolute atomic E-state index is 0.0231. The van der Waals surface area contributed by atoms with Crippen LogP contribution in [0.15, 0.2) is 0 Å². The van der Waals surface area contributed by atoms with Crippen molar-refractivity contribution in [3.05, 3.63) is 0 Å². The van der Waals surface area contributed by atoms with Crippen LogP contribution in [-0.2, 0) is 9.53 Å². The monoisotopic (exact) mass is 214 g/mol. The normalized spacial score (nSPS) is 35.8. The van der Waals surface area contributed by atoms with Crippen molar-refractivity contribution in [1.82, 2.24) is 0 Å². The fourth-order valence-electron chi connectivity index (χ4n) is 2.50. The van der Waals surface area contributed by atoms with Crippen molar-refractivity contribution in [2.75, 3.05) is 0 Å². The molecule has 3 nitrogen and oxygen atoms in total. The summed E-state index contributed by atoms with van der Waals surface area (Å²) in [4.78, 5) is 11.5. The molecule has 88 valence electrons. The number of aliphatic hydroxyl groups excluding tert-OH is 1. The molecule has 1 aliphatic rings. The zero-order chi connectivity index (χ0) is 11.6. The van der Waals surface area contributed by atoms with Gasteiger partial charge in [-0.25, -0.2) is 0 Å². The number of hydrogen-bond donors (Lipinski definition) is 1. The van der Waals surface area contributed by atoms with Gasteiger partial charge in [-0.2, -0.15) is 0 Å². The Morgan fingerprint density at radius 3 is 2.60 bits per heavy atom. The maximum atomic E-state index is 11.5. The Balaban J connectivity index is 2.57. The molecule has 0 aromatic rings. The molecule has 15 heavy (non-hydrogen) atoms. The van der Waals surface area contributed by atoms with E-state index in [0.29, 0.717) is 12.3 Å². The second-order valence-corrected chi connectivity index (χ2v) is 5.08. The van der Waals surface area contributed by atoms with Crippen LogP contribution in [0.2, 0.25) is 0 Å². The van der Waals surface area contributed by atoms with Gasteiger partial charge in [-0.1, -0.05) is 20.8 Å². The topological polar surface area (TPSA) is 46.5 Å². The highest BCUT2D eigenvalue weighted by atomic mass is 16.5. The Morgan fingerprint density at radius 2 is 2.07 bits per heavy atom. The smallest absolute Gasteiger partial charge is 0.308 e. The van der Waals surface area contributed by atoms with Gasteiger partial charge >= 0.3 is 5.97 Å². The van der Waals surface area contributed by atoms with Crippen LogP contribution in [0.25, 0.3) is 0 Å². The molecule has 0 aliphatic carbocycles. The highest BCUT2D eigenvalue weighted by Crippen LogP contribution is 2.31. The van der Waals surface area contributed by atoms with Gasteiger partial charge in [0, 0.05) is 0 Å². The summed E-state index contributed by atoms with van der Waals surface area (Å²) in [5, 5.41) is 9.32. The molecule has 0 radical (unpaired) electrons. The third-order valence-electron chi connectivity index (χ3n) is 3.21. The van der Waals surface area contributed by atoms with E-state index in [1.165, 1.54) is 0 Å². The van der Waals surface area contributed by atoms with Crippen molar-refractivity contribution in [3.63, 3.8) is 0 Å². The number of aliphatic hydroxyl groups is 1. The zero-order valence-electron chi connectivity index (χ0n) is 10.1. The summed E-state index contributed by atoms with van der Waals surface area (Å²) in [6, 6.07) is 0. The average Bonchev–Trinajstić information content (AvgIpc) is 2.09. The number of carbonyl (C=O) groups excluding carboxylic acids is 1. The summed E-state index contributed by atoms with van der Waals surface area (Å²) < 4.78 is 5.42. The van der Waals surface area contributed by atoms with Crippen LogP contribution < -0.4 is 0 Å². The van der Waals surface area contributed by atoms with Crippen LogP contribution in [0, 0.1) is 17.8 Å². The van der Waals surface area contributed by atoms with E-state index in [1.54, 1.807) is 6.92 Å². The van der Waals surface area contributed by atoms with Gasteiger partial charge in [-0.15, -0.1) is 0 Å². The van der Waals surface area contributed by atoms with Gasteiger partial charge in [0.2, 0.25) is 0 Å². The molecule has 5 atom stereocenters. The first-order chi connectivity index (χ1) is 6.91. The van der Waals surface area contributed by atoms with Crippen LogP contribution in [0.1, 0.15) is 40.5 Å². The zero-order valence-corrected chi connectivity index (χ0v) is 10.1. The fourth-order valence-corrected chi connectivity index (χ4v) is 2.50. The molecule has 0 saturated carbocycles. The van der Waals surface area contributed by atoms with Gasteiger partial charge in [0.25, 0.3) is 0 Å². The number of cyclic esters (lactones) is 1.